The van der Waals surface area contributed by atoms with Crippen molar-refractivity contribution in [3.8, 4) is 16.9 Å². The normalized spacial score (nSPS) is 21.8. The van der Waals surface area contributed by atoms with Crippen LogP contribution < -0.4 is 4.74 Å². The summed E-state index contributed by atoms with van der Waals surface area (Å²) in [6.45, 7) is 6.97. The molecule has 2 aliphatic carbocycles. The first-order valence-corrected chi connectivity index (χ1v) is 12.8. The van der Waals surface area contributed by atoms with E-state index in [1.54, 1.807) is 7.11 Å². The van der Waals surface area contributed by atoms with Gasteiger partial charge in [-0.05, 0) is 77.1 Å². The van der Waals surface area contributed by atoms with Crippen molar-refractivity contribution in [2.75, 3.05) is 7.11 Å². The minimum absolute atomic E-state index is 0.0943. The number of aliphatic carboxylic acids is 1. The number of nitrogens with zero attached hydrogens (tertiary/aromatic N) is 2. The minimum atomic E-state index is -0.679. The summed E-state index contributed by atoms with van der Waals surface area (Å²) in [5.41, 5.74) is 6.50. The van der Waals surface area contributed by atoms with Gasteiger partial charge in [-0.3, -0.25) is 9.48 Å². The summed E-state index contributed by atoms with van der Waals surface area (Å²) in [6.07, 6.45) is 7.56. The van der Waals surface area contributed by atoms with E-state index in [9.17, 15) is 9.90 Å². The molecule has 36 heavy (non-hydrogen) atoms. The second-order valence-corrected chi connectivity index (χ2v) is 11.5. The van der Waals surface area contributed by atoms with Crippen LogP contribution in [0, 0.1) is 11.3 Å². The van der Waals surface area contributed by atoms with Gasteiger partial charge < -0.3 is 14.6 Å². The van der Waals surface area contributed by atoms with Crippen LogP contribution in [-0.4, -0.2) is 28.0 Å². The Labute approximate surface area is 213 Å². The molecule has 3 aromatic rings. The summed E-state index contributed by atoms with van der Waals surface area (Å²) in [7, 11) is 3.68. The maximum atomic E-state index is 11.7. The zero-order chi connectivity index (χ0) is 25.7. The number of rotatable bonds is 7. The Morgan fingerprint density at radius 2 is 2.06 bits per heavy atom. The minimum Gasteiger partial charge on any atom is -0.489 e. The molecule has 6 nitrogen and oxygen atoms in total. The first-order chi connectivity index (χ1) is 17.1. The highest BCUT2D eigenvalue weighted by molar-refractivity contribution is 5.78. The summed E-state index contributed by atoms with van der Waals surface area (Å²) in [5.74, 6) is -0.150. The van der Waals surface area contributed by atoms with Crippen LogP contribution in [0.15, 0.2) is 48.8 Å². The zero-order valence-electron chi connectivity index (χ0n) is 21.9. The highest BCUT2D eigenvalue weighted by Crippen LogP contribution is 2.60. The van der Waals surface area contributed by atoms with Crippen LogP contribution in [-0.2, 0) is 35.0 Å². The molecular formula is C30H36N2O4. The largest absolute Gasteiger partial charge is 0.489 e. The standard InChI is InChI=1S/C30H36N2O4/c1-29(2,3)27(35-5)24-13-19(8-11-23(24)21-16-31-32(4)17-21)18-36-22-10-9-20-7-6-12-30(25(20)14-22)15-26(30)28(33)34/h8-11,13-14,16-17,26-27H,6-7,12,15,18H2,1-5H3,(H,33,34)/t26-,27-,30-/m1/s1. The van der Waals surface area contributed by atoms with Gasteiger partial charge in [-0.25, -0.2) is 0 Å². The van der Waals surface area contributed by atoms with E-state index in [2.05, 4.69) is 56.2 Å². The molecule has 1 N–H and O–H groups in total. The van der Waals surface area contributed by atoms with Gasteiger partial charge in [0.25, 0.3) is 0 Å². The predicted molar refractivity (Wildman–Crippen MR) is 139 cm³/mol. The van der Waals surface area contributed by atoms with E-state index < -0.39 is 5.97 Å². The van der Waals surface area contributed by atoms with Crippen LogP contribution in [0.3, 0.4) is 0 Å². The molecule has 0 radical (unpaired) electrons. The number of carbonyl (C=O) groups is 1. The third-order valence-electron chi connectivity index (χ3n) is 7.90. The second kappa shape index (κ2) is 9.07. The van der Waals surface area contributed by atoms with E-state index in [1.165, 1.54) is 11.1 Å². The van der Waals surface area contributed by atoms with Crippen LogP contribution in [0.5, 0.6) is 5.75 Å². The number of hydrogen-bond donors (Lipinski definition) is 1. The van der Waals surface area contributed by atoms with Gasteiger partial charge in [0.2, 0.25) is 0 Å². The Morgan fingerprint density at radius 1 is 1.25 bits per heavy atom. The molecule has 3 atom stereocenters. The van der Waals surface area contributed by atoms with Crippen molar-refractivity contribution < 1.29 is 19.4 Å². The number of benzene rings is 2. The fourth-order valence-electron chi connectivity index (χ4n) is 6.11. The summed E-state index contributed by atoms with van der Waals surface area (Å²) >= 11 is 0. The lowest BCUT2D eigenvalue weighted by Gasteiger charge is -2.31. The van der Waals surface area contributed by atoms with E-state index in [0.29, 0.717) is 6.61 Å². The van der Waals surface area contributed by atoms with Crippen LogP contribution in [0.25, 0.3) is 11.1 Å². The number of methoxy groups -OCH3 is 1. The summed E-state index contributed by atoms with van der Waals surface area (Å²) in [6, 6.07) is 12.7. The average Bonchev–Trinajstić information content (AvgIpc) is 3.39. The van der Waals surface area contributed by atoms with Crippen LogP contribution in [0.1, 0.15) is 68.4 Å². The van der Waals surface area contributed by atoms with Crippen LogP contribution in [0.4, 0.5) is 0 Å². The maximum Gasteiger partial charge on any atom is 0.307 e. The van der Waals surface area contributed by atoms with Crippen molar-refractivity contribution in [1.82, 2.24) is 9.78 Å². The Morgan fingerprint density at radius 3 is 2.69 bits per heavy atom. The van der Waals surface area contributed by atoms with Gasteiger partial charge in [-0.1, -0.05) is 39.0 Å². The van der Waals surface area contributed by atoms with Gasteiger partial charge in [0, 0.05) is 31.3 Å². The molecule has 1 fully saturated rings. The van der Waals surface area contributed by atoms with Gasteiger partial charge in [-0.2, -0.15) is 5.10 Å². The monoisotopic (exact) mass is 488 g/mol. The van der Waals surface area contributed by atoms with E-state index >= 15 is 0 Å². The van der Waals surface area contributed by atoms with Crippen molar-refractivity contribution in [2.24, 2.45) is 18.4 Å². The SMILES string of the molecule is CO[C@H](c1cc(COc2ccc3c(c2)[C@@]2(CCC3)C[C@@H]2C(=O)O)ccc1-c1cnn(C)c1)C(C)(C)C. The molecule has 2 aromatic carbocycles. The van der Waals surface area contributed by atoms with E-state index in [1.807, 2.05) is 30.2 Å². The van der Waals surface area contributed by atoms with Gasteiger partial charge in [0.05, 0.1) is 18.2 Å². The number of ether oxygens (including phenoxy) is 2. The lowest BCUT2D eigenvalue weighted by Crippen LogP contribution is -2.21. The van der Waals surface area contributed by atoms with Gasteiger partial charge in [-0.15, -0.1) is 0 Å². The summed E-state index contributed by atoms with van der Waals surface area (Å²) in [5, 5.41) is 14.0. The zero-order valence-corrected chi connectivity index (χ0v) is 21.9. The molecule has 0 unspecified atom stereocenters. The molecule has 1 spiro atoms. The Bertz CT molecular complexity index is 1290. The number of carboxylic acids is 1. The third-order valence-corrected chi connectivity index (χ3v) is 7.90. The molecule has 0 saturated heterocycles. The molecule has 1 aromatic heterocycles. The van der Waals surface area contributed by atoms with Gasteiger partial charge in [0.15, 0.2) is 0 Å². The quantitative estimate of drug-likeness (QED) is 0.436. The fraction of sp³-hybridized carbons (Fsp3) is 0.467. The Kier molecular flexibility index (Phi) is 6.19. The predicted octanol–water partition coefficient (Wildman–Crippen LogP) is 6.08. The molecule has 2 aliphatic rings. The average molecular weight is 489 g/mol. The number of hydrogen-bond acceptors (Lipinski definition) is 4. The molecule has 190 valence electrons. The molecule has 0 amide bonds. The Hall–Kier alpha value is -3.12. The van der Waals surface area contributed by atoms with Crippen molar-refractivity contribution in [1.29, 1.82) is 0 Å². The van der Waals surface area contributed by atoms with Crippen molar-refractivity contribution in [3.05, 3.63) is 71.0 Å². The highest BCUT2D eigenvalue weighted by Gasteiger charge is 2.60. The smallest absolute Gasteiger partial charge is 0.307 e. The number of carboxylic acid groups (broad SMARTS) is 1. The molecular weight excluding hydrogens is 452 g/mol. The first kappa shape index (κ1) is 24.6. The molecule has 0 bridgehead atoms. The molecule has 1 heterocycles. The lowest BCUT2D eigenvalue weighted by molar-refractivity contribution is -0.139. The molecule has 0 aliphatic heterocycles. The van der Waals surface area contributed by atoms with Crippen molar-refractivity contribution in [2.45, 2.75) is 64.6 Å². The van der Waals surface area contributed by atoms with Crippen molar-refractivity contribution >= 4 is 5.97 Å². The number of aryl methyl sites for hydroxylation is 2. The molecule has 5 rings (SSSR count). The van der Waals surface area contributed by atoms with Crippen LogP contribution >= 0.6 is 0 Å². The van der Waals surface area contributed by atoms with E-state index in [0.717, 1.165) is 53.7 Å². The molecule has 6 heteroatoms. The Balaban J connectivity index is 1.42. The van der Waals surface area contributed by atoms with E-state index in [-0.39, 0.29) is 22.9 Å². The first-order valence-electron chi connectivity index (χ1n) is 12.8. The summed E-state index contributed by atoms with van der Waals surface area (Å²) in [4.78, 5) is 11.7. The second-order valence-electron chi connectivity index (χ2n) is 11.5. The third kappa shape index (κ3) is 4.43. The van der Waals surface area contributed by atoms with E-state index in [4.69, 9.17) is 9.47 Å². The highest BCUT2D eigenvalue weighted by atomic mass is 16.5. The van der Waals surface area contributed by atoms with Gasteiger partial charge >= 0.3 is 5.97 Å². The maximum absolute atomic E-state index is 11.7. The van der Waals surface area contributed by atoms with Crippen molar-refractivity contribution in [3.63, 3.8) is 0 Å². The summed E-state index contributed by atoms with van der Waals surface area (Å²) < 4.78 is 14.1. The lowest BCUT2D eigenvalue weighted by atomic mass is 9.78. The number of fused-ring (bicyclic) bond motifs is 2. The number of aromatic nitrogens is 2. The van der Waals surface area contributed by atoms with Crippen LogP contribution in [0.2, 0.25) is 0 Å². The molecule has 1 saturated carbocycles. The fourth-order valence-corrected chi connectivity index (χ4v) is 6.11. The topological polar surface area (TPSA) is 73.6 Å². The van der Waals surface area contributed by atoms with Gasteiger partial charge in [0.1, 0.15) is 12.4 Å².